The van der Waals surface area contributed by atoms with Crippen molar-refractivity contribution in [3.8, 4) is 11.3 Å². The SMILES string of the molecule is Cc1cccnc1Nc1nc(-c2ccoc2)cs1. The smallest absolute Gasteiger partial charge is 0.188 e. The Kier molecular flexibility index (Phi) is 2.82. The Hall–Kier alpha value is -2.14. The number of nitrogens with zero attached hydrogens (tertiary/aromatic N) is 2. The molecule has 3 rings (SSSR count). The van der Waals surface area contributed by atoms with Gasteiger partial charge in [0.1, 0.15) is 5.82 Å². The summed E-state index contributed by atoms with van der Waals surface area (Å²) < 4.78 is 5.05. The minimum Gasteiger partial charge on any atom is -0.472 e. The summed E-state index contributed by atoms with van der Waals surface area (Å²) in [6.45, 7) is 2.01. The zero-order chi connectivity index (χ0) is 12.4. The predicted octanol–water partition coefficient (Wildman–Crippen LogP) is 3.85. The molecule has 3 aromatic heterocycles. The summed E-state index contributed by atoms with van der Waals surface area (Å²) in [5.74, 6) is 0.839. The lowest BCUT2D eigenvalue weighted by Crippen LogP contribution is -1.95. The lowest BCUT2D eigenvalue weighted by molar-refractivity contribution is 0.568. The van der Waals surface area contributed by atoms with Gasteiger partial charge in [0.15, 0.2) is 5.13 Å². The number of pyridine rings is 1. The number of aryl methyl sites for hydroxylation is 1. The average molecular weight is 257 g/mol. The number of hydrogen-bond donors (Lipinski definition) is 1. The number of nitrogens with one attached hydrogen (secondary N) is 1. The van der Waals surface area contributed by atoms with Gasteiger partial charge in [0, 0.05) is 17.1 Å². The Balaban J connectivity index is 1.85. The quantitative estimate of drug-likeness (QED) is 0.774. The Morgan fingerprint density at radius 2 is 2.28 bits per heavy atom. The fourth-order valence-corrected chi connectivity index (χ4v) is 2.31. The lowest BCUT2D eigenvalue weighted by Gasteiger charge is -2.03. The topological polar surface area (TPSA) is 51.0 Å². The first-order valence-corrected chi connectivity index (χ1v) is 6.37. The Morgan fingerprint density at radius 3 is 3.06 bits per heavy atom. The molecule has 0 atom stereocenters. The summed E-state index contributed by atoms with van der Waals surface area (Å²) in [5.41, 5.74) is 2.99. The highest BCUT2D eigenvalue weighted by Gasteiger charge is 2.07. The van der Waals surface area contributed by atoms with Gasteiger partial charge in [-0.15, -0.1) is 11.3 Å². The van der Waals surface area contributed by atoms with Gasteiger partial charge in [-0.25, -0.2) is 9.97 Å². The number of rotatable bonds is 3. The van der Waals surface area contributed by atoms with Crippen LogP contribution in [0, 0.1) is 6.92 Å². The van der Waals surface area contributed by atoms with E-state index in [-0.39, 0.29) is 0 Å². The van der Waals surface area contributed by atoms with Crippen molar-refractivity contribution in [2.45, 2.75) is 6.92 Å². The van der Waals surface area contributed by atoms with Gasteiger partial charge in [-0.2, -0.15) is 0 Å². The third-order valence-corrected chi connectivity index (χ3v) is 3.31. The van der Waals surface area contributed by atoms with Crippen LogP contribution >= 0.6 is 11.3 Å². The van der Waals surface area contributed by atoms with E-state index in [1.807, 2.05) is 30.5 Å². The molecule has 0 fully saturated rings. The Bertz CT molecular complexity index is 646. The van der Waals surface area contributed by atoms with Crippen LogP contribution in [-0.2, 0) is 0 Å². The van der Waals surface area contributed by atoms with E-state index in [1.165, 1.54) is 0 Å². The van der Waals surface area contributed by atoms with Crippen LogP contribution in [0.1, 0.15) is 5.56 Å². The highest BCUT2D eigenvalue weighted by molar-refractivity contribution is 7.14. The second-order valence-corrected chi connectivity index (χ2v) is 4.70. The molecule has 3 heterocycles. The molecule has 0 amide bonds. The maximum absolute atomic E-state index is 5.05. The molecule has 0 spiro atoms. The van der Waals surface area contributed by atoms with Crippen LogP contribution in [0.15, 0.2) is 46.7 Å². The number of anilines is 2. The molecule has 90 valence electrons. The van der Waals surface area contributed by atoms with E-state index in [0.29, 0.717) is 0 Å². The second kappa shape index (κ2) is 4.62. The van der Waals surface area contributed by atoms with Crippen LogP contribution in [0.2, 0.25) is 0 Å². The highest BCUT2D eigenvalue weighted by atomic mass is 32.1. The van der Waals surface area contributed by atoms with E-state index < -0.39 is 0 Å². The van der Waals surface area contributed by atoms with E-state index >= 15 is 0 Å². The predicted molar refractivity (Wildman–Crippen MR) is 72.1 cm³/mol. The lowest BCUT2D eigenvalue weighted by atomic mass is 10.3. The van der Waals surface area contributed by atoms with Crippen molar-refractivity contribution in [2.24, 2.45) is 0 Å². The van der Waals surface area contributed by atoms with Crippen LogP contribution in [0.3, 0.4) is 0 Å². The van der Waals surface area contributed by atoms with Crippen molar-refractivity contribution >= 4 is 22.3 Å². The van der Waals surface area contributed by atoms with Crippen LogP contribution in [-0.4, -0.2) is 9.97 Å². The zero-order valence-electron chi connectivity index (χ0n) is 9.75. The van der Waals surface area contributed by atoms with E-state index in [1.54, 1.807) is 30.1 Å². The number of furan rings is 1. The Morgan fingerprint density at radius 1 is 1.33 bits per heavy atom. The van der Waals surface area contributed by atoms with Crippen LogP contribution in [0.4, 0.5) is 10.9 Å². The van der Waals surface area contributed by atoms with Gasteiger partial charge in [-0.1, -0.05) is 6.07 Å². The molecule has 0 saturated carbocycles. The third-order valence-electron chi connectivity index (χ3n) is 2.56. The standard InChI is InChI=1S/C13H11N3OS/c1-9-3-2-5-14-12(9)16-13-15-11(8-18-13)10-4-6-17-7-10/h2-8H,1H3,(H,14,15,16). The molecule has 0 aromatic carbocycles. The van der Waals surface area contributed by atoms with E-state index in [4.69, 9.17) is 4.42 Å². The molecule has 5 heteroatoms. The molecule has 0 radical (unpaired) electrons. The molecule has 0 saturated heterocycles. The minimum atomic E-state index is 0.827. The fraction of sp³-hybridized carbons (Fsp3) is 0.0769. The first-order valence-electron chi connectivity index (χ1n) is 5.49. The third kappa shape index (κ3) is 2.12. The van der Waals surface area contributed by atoms with Crippen LogP contribution in [0.5, 0.6) is 0 Å². The van der Waals surface area contributed by atoms with Gasteiger partial charge in [0.05, 0.1) is 18.2 Å². The summed E-state index contributed by atoms with van der Waals surface area (Å²) in [6, 6.07) is 5.82. The average Bonchev–Trinajstić information content (AvgIpc) is 3.02. The summed E-state index contributed by atoms with van der Waals surface area (Å²) in [4.78, 5) is 8.78. The molecule has 0 bridgehead atoms. The first kappa shape index (κ1) is 11.0. The van der Waals surface area contributed by atoms with Crippen molar-refractivity contribution in [3.05, 3.63) is 47.9 Å². The van der Waals surface area contributed by atoms with Gasteiger partial charge < -0.3 is 9.73 Å². The van der Waals surface area contributed by atoms with Crippen molar-refractivity contribution in [3.63, 3.8) is 0 Å². The number of hydrogen-bond acceptors (Lipinski definition) is 5. The summed E-state index contributed by atoms with van der Waals surface area (Å²) in [7, 11) is 0. The summed E-state index contributed by atoms with van der Waals surface area (Å²) >= 11 is 1.55. The van der Waals surface area contributed by atoms with Gasteiger partial charge in [-0.05, 0) is 24.6 Å². The van der Waals surface area contributed by atoms with E-state index in [2.05, 4.69) is 15.3 Å². The minimum absolute atomic E-state index is 0.827. The van der Waals surface area contributed by atoms with E-state index in [9.17, 15) is 0 Å². The van der Waals surface area contributed by atoms with Crippen molar-refractivity contribution in [2.75, 3.05) is 5.32 Å². The number of aromatic nitrogens is 2. The monoisotopic (exact) mass is 257 g/mol. The molecule has 4 nitrogen and oxygen atoms in total. The van der Waals surface area contributed by atoms with Crippen molar-refractivity contribution in [1.29, 1.82) is 0 Å². The van der Waals surface area contributed by atoms with Gasteiger partial charge in [-0.3, -0.25) is 0 Å². The molecule has 0 aliphatic rings. The second-order valence-electron chi connectivity index (χ2n) is 3.84. The van der Waals surface area contributed by atoms with Crippen molar-refractivity contribution in [1.82, 2.24) is 9.97 Å². The molecule has 18 heavy (non-hydrogen) atoms. The molecular weight excluding hydrogens is 246 g/mol. The molecule has 0 aliphatic carbocycles. The molecule has 0 aliphatic heterocycles. The van der Waals surface area contributed by atoms with Crippen LogP contribution in [0.25, 0.3) is 11.3 Å². The maximum Gasteiger partial charge on any atom is 0.188 e. The molecular formula is C13H11N3OS. The fourth-order valence-electron chi connectivity index (χ4n) is 1.59. The molecule has 1 N–H and O–H groups in total. The van der Waals surface area contributed by atoms with Gasteiger partial charge in [0.2, 0.25) is 0 Å². The first-order chi connectivity index (χ1) is 8.83. The van der Waals surface area contributed by atoms with E-state index in [0.717, 1.165) is 27.8 Å². The van der Waals surface area contributed by atoms with Crippen molar-refractivity contribution < 1.29 is 4.42 Å². The van der Waals surface area contributed by atoms with Crippen LogP contribution < -0.4 is 5.32 Å². The molecule has 0 unspecified atom stereocenters. The highest BCUT2D eigenvalue weighted by Crippen LogP contribution is 2.27. The number of thiazole rings is 1. The maximum atomic E-state index is 5.05. The normalized spacial score (nSPS) is 10.5. The van der Waals surface area contributed by atoms with Gasteiger partial charge >= 0.3 is 0 Å². The van der Waals surface area contributed by atoms with Gasteiger partial charge in [0.25, 0.3) is 0 Å². The zero-order valence-corrected chi connectivity index (χ0v) is 10.6. The summed E-state index contributed by atoms with van der Waals surface area (Å²) in [6.07, 6.45) is 5.09. The summed E-state index contributed by atoms with van der Waals surface area (Å²) in [5, 5.41) is 6.04. The largest absolute Gasteiger partial charge is 0.472 e. The Labute approximate surface area is 108 Å². The molecule has 3 aromatic rings.